The van der Waals surface area contributed by atoms with Crippen molar-refractivity contribution in [2.24, 2.45) is 0 Å². The average Bonchev–Trinajstić information content (AvgIpc) is 2.86. The van der Waals surface area contributed by atoms with Crippen LogP contribution in [0.25, 0.3) is 0 Å². The maximum atomic E-state index is 13.0. The number of hydrogen-bond donors (Lipinski definition) is 0. The van der Waals surface area contributed by atoms with Crippen LogP contribution in [0.4, 0.5) is 0 Å². The lowest BCUT2D eigenvalue weighted by atomic mass is 10.2. The molecule has 0 aliphatic carbocycles. The van der Waals surface area contributed by atoms with E-state index < -0.39 is 25.9 Å². The molecule has 23 heavy (non-hydrogen) atoms. The topological polar surface area (TPSA) is 80.8 Å². The first-order chi connectivity index (χ1) is 10.7. The van der Waals surface area contributed by atoms with Crippen LogP contribution >= 0.6 is 0 Å². The van der Waals surface area contributed by atoms with Crippen LogP contribution in [-0.2, 0) is 19.9 Å². The number of sulfone groups is 1. The number of rotatable bonds is 6. The van der Waals surface area contributed by atoms with E-state index in [1.807, 2.05) is 13.8 Å². The molecule has 0 radical (unpaired) electrons. The van der Waals surface area contributed by atoms with Gasteiger partial charge in [-0.2, -0.15) is 4.31 Å². The van der Waals surface area contributed by atoms with Crippen molar-refractivity contribution in [2.75, 3.05) is 18.6 Å². The number of ether oxygens (including phenoxy) is 1. The van der Waals surface area contributed by atoms with Gasteiger partial charge in [0.15, 0.2) is 9.84 Å². The molecule has 0 N–H and O–H groups in total. The zero-order valence-electron chi connectivity index (χ0n) is 13.6. The van der Waals surface area contributed by atoms with Crippen molar-refractivity contribution in [3.8, 4) is 5.75 Å². The Labute approximate surface area is 138 Å². The van der Waals surface area contributed by atoms with E-state index >= 15 is 0 Å². The van der Waals surface area contributed by atoms with Crippen molar-refractivity contribution in [3.05, 3.63) is 24.3 Å². The van der Waals surface area contributed by atoms with Gasteiger partial charge in [-0.15, -0.1) is 0 Å². The maximum absolute atomic E-state index is 13.0. The largest absolute Gasteiger partial charge is 0.497 e. The van der Waals surface area contributed by atoms with Gasteiger partial charge in [-0.1, -0.05) is 6.92 Å². The zero-order valence-corrected chi connectivity index (χ0v) is 15.2. The Hall–Kier alpha value is -1.12. The van der Waals surface area contributed by atoms with Crippen LogP contribution in [0.2, 0.25) is 0 Å². The molecule has 0 unspecified atom stereocenters. The van der Waals surface area contributed by atoms with Crippen LogP contribution in [0.5, 0.6) is 5.75 Å². The van der Waals surface area contributed by atoms with Gasteiger partial charge < -0.3 is 4.74 Å². The number of hydrogen-bond acceptors (Lipinski definition) is 5. The molecule has 0 amide bonds. The number of benzene rings is 1. The van der Waals surface area contributed by atoms with E-state index in [1.165, 1.54) is 23.5 Å². The molecular formula is C15H23NO5S2. The van der Waals surface area contributed by atoms with Crippen LogP contribution in [-0.4, -0.2) is 51.8 Å². The van der Waals surface area contributed by atoms with E-state index in [4.69, 9.17) is 4.74 Å². The second-order valence-corrected chi connectivity index (χ2v) is 9.90. The molecule has 2 atom stereocenters. The lowest BCUT2D eigenvalue weighted by Crippen LogP contribution is -2.46. The summed E-state index contributed by atoms with van der Waals surface area (Å²) in [7, 11) is -5.41. The molecule has 1 aromatic rings. The molecule has 1 fully saturated rings. The summed E-state index contributed by atoms with van der Waals surface area (Å²) >= 11 is 0. The molecule has 0 aromatic heterocycles. The molecule has 8 heteroatoms. The third-order valence-electron chi connectivity index (χ3n) is 4.23. The van der Waals surface area contributed by atoms with Crippen LogP contribution in [0.15, 0.2) is 29.2 Å². The Kier molecular flexibility index (Phi) is 5.37. The fourth-order valence-corrected chi connectivity index (χ4v) is 6.54. The smallest absolute Gasteiger partial charge is 0.243 e. The predicted molar refractivity (Wildman–Crippen MR) is 88.8 cm³/mol. The Morgan fingerprint density at radius 3 is 2.35 bits per heavy atom. The van der Waals surface area contributed by atoms with Gasteiger partial charge in [0.2, 0.25) is 10.0 Å². The van der Waals surface area contributed by atoms with Crippen molar-refractivity contribution < 1.29 is 21.6 Å². The molecule has 0 saturated carbocycles. The van der Waals surface area contributed by atoms with Gasteiger partial charge in [-0.05, 0) is 44.0 Å². The monoisotopic (exact) mass is 361 g/mol. The molecule has 130 valence electrons. The SMILES string of the molecule is CC[C@@H](C)N([C@@H]1CCS(=O)(=O)C1)S(=O)(=O)c1ccc(OC)cc1. The van der Waals surface area contributed by atoms with E-state index in [1.54, 1.807) is 12.1 Å². The normalized spacial score (nSPS) is 22.2. The quantitative estimate of drug-likeness (QED) is 0.770. The molecule has 1 aliphatic rings. The Morgan fingerprint density at radius 1 is 1.30 bits per heavy atom. The van der Waals surface area contributed by atoms with Crippen molar-refractivity contribution in [3.63, 3.8) is 0 Å². The lowest BCUT2D eigenvalue weighted by Gasteiger charge is -2.32. The minimum Gasteiger partial charge on any atom is -0.497 e. The summed E-state index contributed by atoms with van der Waals surface area (Å²) in [5.74, 6) is 0.512. The van der Waals surface area contributed by atoms with Gasteiger partial charge in [0.1, 0.15) is 5.75 Å². The highest BCUT2D eigenvalue weighted by molar-refractivity contribution is 7.92. The Balaban J connectivity index is 2.41. The minimum absolute atomic E-state index is 0.0444. The van der Waals surface area contributed by atoms with Gasteiger partial charge in [0.05, 0.1) is 23.5 Å². The molecule has 1 saturated heterocycles. The van der Waals surface area contributed by atoms with E-state index in [0.29, 0.717) is 18.6 Å². The third kappa shape index (κ3) is 3.87. The van der Waals surface area contributed by atoms with Crippen LogP contribution < -0.4 is 4.74 Å². The second kappa shape index (κ2) is 6.78. The average molecular weight is 361 g/mol. The van der Waals surface area contributed by atoms with Crippen molar-refractivity contribution in [2.45, 2.75) is 43.7 Å². The maximum Gasteiger partial charge on any atom is 0.243 e. The highest BCUT2D eigenvalue weighted by Gasteiger charge is 2.40. The van der Waals surface area contributed by atoms with Gasteiger partial charge in [0, 0.05) is 12.1 Å². The van der Waals surface area contributed by atoms with Crippen molar-refractivity contribution in [1.29, 1.82) is 0 Å². The molecule has 1 aromatic carbocycles. The minimum atomic E-state index is -3.76. The van der Waals surface area contributed by atoms with Gasteiger partial charge in [0.25, 0.3) is 0 Å². The van der Waals surface area contributed by atoms with Crippen LogP contribution in [0.3, 0.4) is 0 Å². The number of sulfonamides is 1. The van der Waals surface area contributed by atoms with E-state index in [2.05, 4.69) is 0 Å². The molecule has 2 rings (SSSR count). The van der Waals surface area contributed by atoms with Crippen molar-refractivity contribution >= 4 is 19.9 Å². The summed E-state index contributed by atoms with van der Waals surface area (Å²) in [4.78, 5) is 0.155. The first-order valence-electron chi connectivity index (χ1n) is 7.59. The zero-order chi connectivity index (χ0) is 17.3. The molecular weight excluding hydrogens is 338 g/mol. The first-order valence-corrected chi connectivity index (χ1v) is 10.9. The van der Waals surface area contributed by atoms with E-state index in [-0.39, 0.29) is 22.4 Å². The Morgan fingerprint density at radius 2 is 1.91 bits per heavy atom. The predicted octanol–water partition coefficient (Wildman–Crippen LogP) is 1.67. The highest BCUT2D eigenvalue weighted by atomic mass is 32.2. The Bertz CT molecular complexity index is 741. The molecule has 0 spiro atoms. The summed E-state index contributed by atoms with van der Waals surface area (Å²) in [5.41, 5.74) is 0. The standard InChI is InChI=1S/C15H23NO5S2/c1-4-12(2)16(13-9-10-22(17,18)11-13)23(19,20)15-7-5-14(21-3)6-8-15/h5-8,12-13H,4,9-11H2,1-3H3/t12-,13-/m1/s1. The summed E-state index contributed by atoms with van der Waals surface area (Å²) < 4.78 is 56.0. The fourth-order valence-electron chi connectivity index (χ4n) is 2.82. The van der Waals surface area contributed by atoms with Crippen LogP contribution in [0, 0.1) is 0 Å². The van der Waals surface area contributed by atoms with Gasteiger partial charge in [-0.25, -0.2) is 16.8 Å². The number of methoxy groups -OCH3 is 1. The molecule has 6 nitrogen and oxygen atoms in total. The summed E-state index contributed by atoms with van der Waals surface area (Å²) in [6.45, 7) is 3.71. The number of nitrogens with zero attached hydrogens (tertiary/aromatic N) is 1. The van der Waals surface area contributed by atoms with Gasteiger partial charge in [-0.3, -0.25) is 0 Å². The van der Waals surface area contributed by atoms with E-state index in [9.17, 15) is 16.8 Å². The van der Waals surface area contributed by atoms with E-state index in [0.717, 1.165) is 0 Å². The lowest BCUT2D eigenvalue weighted by molar-refractivity contribution is 0.271. The summed E-state index contributed by atoms with van der Waals surface area (Å²) in [6.07, 6.45) is 0.966. The second-order valence-electron chi connectivity index (χ2n) is 5.82. The summed E-state index contributed by atoms with van der Waals surface area (Å²) in [6, 6.07) is 5.41. The highest BCUT2D eigenvalue weighted by Crippen LogP contribution is 2.29. The first kappa shape index (κ1) is 18.2. The fraction of sp³-hybridized carbons (Fsp3) is 0.600. The molecule has 0 bridgehead atoms. The van der Waals surface area contributed by atoms with Crippen molar-refractivity contribution in [1.82, 2.24) is 4.31 Å². The van der Waals surface area contributed by atoms with Crippen LogP contribution in [0.1, 0.15) is 26.7 Å². The third-order valence-corrected chi connectivity index (χ3v) is 8.06. The molecule has 1 aliphatic heterocycles. The van der Waals surface area contributed by atoms with Gasteiger partial charge >= 0.3 is 0 Å². The molecule has 1 heterocycles. The summed E-state index contributed by atoms with van der Waals surface area (Å²) in [5, 5.41) is 0.